The molecule has 0 aliphatic carbocycles. The first-order valence-electron chi connectivity index (χ1n) is 9.42. The topological polar surface area (TPSA) is 124 Å². The second-order valence-corrected chi connectivity index (χ2v) is 7.35. The molecule has 0 bridgehead atoms. The van der Waals surface area contributed by atoms with Crippen molar-refractivity contribution in [2.45, 2.75) is 32.7 Å². The maximum absolute atomic E-state index is 12.6. The minimum absolute atomic E-state index is 0.119. The molecule has 4 rings (SSSR count). The highest BCUT2D eigenvalue weighted by Gasteiger charge is 2.36. The number of H-pyrrole nitrogens is 1. The number of para-hydroxylation sites is 1. The maximum Gasteiger partial charge on any atom is 0.331 e. The lowest BCUT2D eigenvalue weighted by molar-refractivity contribution is -0.145. The Balaban J connectivity index is 1.61. The fourth-order valence-corrected chi connectivity index (χ4v) is 3.49. The van der Waals surface area contributed by atoms with Crippen LogP contribution >= 0.6 is 0 Å². The lowest BCUT2D eigenvalue weighted by Crippen LogP contribution is -2.47. The molecule has 0 spiro atoms. The van der Waals surface area contributed by atoms with Gasteiger partial charge in [0.05, 0.1) is 12.8 Å². The Kier molecular flexibility index (Phi) is 4.90. The molecule has 0 radical (unpaired) electrons. The van der Waals surface area contributed by atoms with Crippen LogP contribution in [-0.2, 0) is 16.0 Å². The van der Waals surface area contributed by atoms with E-state index in [1.807, 2.05) is 50.4 Å². The summed E-state index contributed by atoms with van der Waals surface area (Å²) in [6.07, 6.45) is 2.24. The van der Waals surface area contributed by atoms with E-state index in [2.05, 4.69) is 35.8 Å². The normalized spacial score (nSPS) is 13.2. The summed E-state index contributed by atoms with van der Waals surface area (Å²) in [6.45, 7) is 5.51. The van der Waals surface area contributed by atoms with E-state index in [9.17, 15) is 4.79 Å². The van der Waals surface area contributed by atoms with Crippen molar-refractivity contribution in [3.8, 4) is 5.95 Å². The molecular weight excluding hydrogens is 384 g/mol. The monoisotopic (exact) mass is 406 g/mol. The number of aryl methyl sites for hydroxylation is 2. The van der Waals surface area contributed by atoms with E-state index in [0.29, 0.717) is 6.42 Å². The summed E-state index contributed by atoms with van der Waals surface area (Å²) in [7, 11) is 1.35. The van der Waals surface area contributed by atoms with Gasteiger partial charge in [-0.15, -0.1) is 20.4 Å². The zero-order chi connectivity index (χ0) is 21.3. The van der Waals surface area contributed by atoms with E-state index in [0.717, 1.165) is 27.9 Å². The lowest BCUT2D eigenvalue weighted by Gasteiger charge is -2.27. The molecule has 2 N–H and O–H groups in total. The number of hydrogen-bond donors (Lipinski definition) is 2. The number of nitrogens with zero attached hydrogens (tertiary/aromatic N) is 6. The number of carbonyl (C=O) groups excluding carboxylic acids is 1. The average Bonchev–Trinajstić information content (AvgIpc) is 3.30. The Morgan fingerprint density at radius 2 is 1.93 bits per heavy atom. The van der Waals surface area contributed by atoms with Crippen LogP contribution in [-0.4, -0.2) is 53.8 Å². The number of anilines is 1. The van der Waals surface area contributed by atoms with Crippen LogP contribution in [0.15, 0.2) is 36.5 Å². The second-order valence-electron chi connectivity index (χ2n) is 7.35. The van der Waals surface area contributed by atoms with E-state index in [1.54, 1.807) is 11.6 Å². The number of aromatic amines is 1. The van der Waals surface area contributed by atoms with Gasteiger partial charge in [0.15, 0.2) is 0 Å². The third-order valence-electron chi connectivity index (χ3n) is 4.91. The van der Waals surface area contributed by atoms with Crippen molar-refractivity contribution in [2.75, 3.05) is 12.4 Å². The molecule has 1 unspecified atom stereocenters. The Hall–Kier alpha value is -3.82. The van der Waals surface area contributed by atoms with Crippen LogP contribution in [0.2, 0.25) is 0 Å². The molecule has 154 valence electrons. The van der Waals surface area contributed by atoms with Crippen LogP contribution in [0.1, 0.15) is 23.9 Å². The van der Waals surface area contributed by atoms with E-state index in [1.165, 1.54) is 7.11 Å². The summed E-state index contributed by atoms with van der Waals surface area (Å²) in [5.74, 6) is -0.0745. The van der Waals surface area contributed by atoms with Crippen molar-refractivity contribution in [3.05, 3.63) is 53.5 Å². The number of benzene rings is 1. The zero-order valence-electron chi connectivity index (χ0n) is 17.2. The summed E-state index contributed by atoms with van der Waals surface area (Å²) >= 11 is 0. The van der Waals surface area contributed by atoms with Crippen molar-refractivity contribution in [3.63, 3.8) is 0 Å². The number of ether oxygens (including phenoxy) is 1. The molecule has 0 amide bonds. The Labute approximate surface area is 172 Å². The van der Waals surface area contributed by atoms with Gasteiger partial charge in [-0.25, -0.2) is 9.48 Å². The van der Waals surface area contributed by atoms with Gasteiger partial charge in [-0.2, -0.15) is 5.10 Å². The largest absolute Gasteiger partial charge is 0.467 e. The maximum atomic E-state index is 12.6. The molecule has 30 heavy (non-hydrogen) atoms. The van der Waals surface area contributed by atoms with Crippen molar-refractivity contribution < 1.29 is 9.53 Å². The molecule has 0 aliphatic rings. The Bertz CT molecular complexity index is 1200. The number of methoxy groups -OCH3 is 1. The van der Waals surface area contributed by atoms with Gasteiger partial charge in [-0.3, -0.25) is 0 Å². The van der Waals surface area contributed by atoms with Crippen molar-refractivity contribution in [2.24, 2.45) is 0 Å². The van der Waals surface area contributed by atoms with Crippen LogP contribution in [0.25, 0.3) is 16.9 Å². The van der Waals surface area contributed by atoms with Crippen LogP contribution < -0.4 is 5.32 Å². The van der Waals surface area contributed by atoms with Crippen LogP contribution in [0.5, 0.6) is 0 Å². The third kappa shape index (κ3) is 3.59. The molecule has 0 aliphatic heterocycles. The summed E-state index contributed by atoms with van der Waals surface area (Å²) in [6, 6.07) is 9.80. The van der Waals surface area contributed by atoms with Crippen molar-refractivity contribution in [1.29, 1.82) is 0 Å². The Morgan fingerprint density at radius 3 is 2.60 bits per heavy atom. The van der Waals surface area contributed by atoms with Crippen molar-refractivity contribution in [1.82, 2.24) is 35.2 Å². The van der Waals surface area contributed by atoms with Gasteiger partial charge in [-0.1, -0.05) is 18.2 Å². The van der Waals surface area contributed by atoms with Gasteiger partial charge in [-0.05, 0) is 38.5 Å². The van der Waals surface area contributed by atoms with Gasteiger partial charge in [0.25, 0.3) is 11.9 Å². The van der Waals surface area contributed by atoms with Gasteiger partial charge in [0, 0.05) is 29.2 Å². The lowest BCUT2D eigenvalue weighted by atomic mass is 9.92. The highest BCUT2D eigenvalue weighted by atomic mass is 16.5. The molecule has 10 heteroatoms. The first-order chi connectivity index (χ1) is 14.4. The first kappa shape index (κ1) is 19.5. The van der Waals surface area contributed by atoms with Crippen LogP contribution in [0.4, 0.5) is 5.95 Å². The van der Waals surface area contributed by atoms with Gasteiger partial charge in [0.2, 0.25) is 0 Å². The molecule has 10 nitrogen and oxygen atoms in total. The van der Waals surface area contributed by atoms with Gasteiger partial charge >= 0.3 is 5.97 Å². The number of carbonyl (C=O) groups is 1. The molecule has 0 fully saturated rings. The van der Waals surface area contributed by atoms with Gasteiger partial charge < -0.3 is 15.0 Å². The fourth-order valence-electron chi connectivity index (χ4n) is 3.49. The predicted molar refractivity (Wildman–Crippen MR) is 110 cm³/mol. The number of esters is 1. The number of rotatable bonds is 6. The summed E-state index contributed by atoms with van der Waals surface area (Å²) in [5.41, 5.74) is 2.55. The molecular formula is C20H22N8O2. The number of hydrogen-bond acceptors (Lipinski definition) is 8. The smallest absolute Gasteiger partial charge is 0.331 e. The zero-order valence-corrected chi connectivity index (χ0v) is 17.2. The minimum atomic E-state index is -1.12. The highest BCUT2D eigenvalue weighted by Crippen LogP contribution is 2.25. The van der Waals surface area contributed by atoms with Crippen LogP contribution in [0.3, 0.4) is 0 Å². The molecule has 1 atom stereocenters. The second kappa shape index (κ2) is 7.54. The van der Waals surface area contributed by atoms with E-state index in [4.69, 9.17) is 4.74 Å². The molecule has 0 saturated carbocycles. The van der Waals surface area contributed by atoms with E-state index in [-0.39, 0.29) is 11.9 Å². The third-order valence-corrected chi connectivity index (χ3v) is 4.91. The summed E-state index contributed by atoms with van der Waals surface area (Å²) < 4.78 is 6.60. The quantitative estimate of drug-likeness (QED) is 0.467. The first-order valence-corrected chi connectivity index (χ1v) is 9.42. The summed E-state index contributed by atoms with van der Waals surface area (Å²) in [5, 5.41) is 24.8. The molecule has 0 saturated heterocycles. The minimum Gasteiger partial charge on any atom is -0.467 e. The average molecular weight is 406 g/mol. The number of fused-ring (bicyclic) bond motifs is 1. The fraction of sp³-hybridized carbons (Fsp3) is 0.300. The van der Waals surface area contributed by atoms with Gasteiger partial charge in [0.1, 0.15) is 5.54 Å². The molecule has 3 heterocycles. The number of aromatic nitrogens is 7. The Morgan fingerprint density at radius 1 is 1.20 bits per heavy atom. The highest BCUT2D eigenvalue weighted by molar-refractivity contribution is 5.87. The standard InChI is InChI=1S/C20H22N8O2/c1-12-9-13(2)28(27-12)19-25-23-18(24-26-19)22-20(3,17(29)30-4)10-14-11-21-16-8-6-5-7-15(14)16/h5-9,11,21H,10H2,1-4H3,(H,22,23,24). The predicted octanol–water partition coefficient (Wildman–Crippen LogP) is 2.14. The van der Waals surface area contributed by atoms with E-state index >= 15 is 0 Å². The van der Waals surface area contributed by atoms with E-state index < -0.39 is 11.5 Å². The molecule has 1 aromatic carbocycles. The summed E-state index contributed by atoms with van der Waals surface area (Å²) in [4.78, 5) is 15.8. The SMILES string of the molecule is COC(=O)C(C)(Cc1c[nH]c2ccccc12)Nc1nnc(-n2nc(C)cc2C)nn1. The molecule has 4 aromatic rings. The van der Waals surface area contributed by atoms with Crippen LogP contribution in [0, 0.1) is 13.8 Å². The molecule has 3 aromatic heterocycles. The van der Waals surface area contributed by atoms with Crippen molar-refractivity contribution >= 4 is 22.8 Å². The number of nitrogens with one attached hydrogen (secondary N) is 2.